The highest BCUT2D eigenvalue weighted by atomic mass is 35.5. The molecular weight excluding hydrogens is 250 g/mol. The van der Waals surface area contributed by atoms with Crippen LogP contribution in [0.1, 0.15) is 31.9 Å². The van der Waals surface area contributed by atoms with Gasteiger partial charge in [0.05, 0.1) is 29.5 Å². The molecule has 0 aromatic heterocycles. The van der Waals surface area contributed by atoms with Crippen LogP contribution in [0.5, 0.6) is 0 Å². The molecule has 2 rings (SSSR count). The largest absolute Gasteiger partial charge is 0.389 e. The number of anilines is 1. The van der Waals surface area contributed by atoms with E-state index in [1.165, 1.54) is 0 Å². The van der Waals surface area contributed by atoms with Crippen molar-refractivity contribution in [3.8, 4) is 0 Å². The third-order valence-electron chi connectivity index (χ3n) is 3.39. The zero-order valence-corrected chi connectivity index (χ0v) is 11.7. The molecule has 2 atom stereocenters. The van der Waals surface area contributed by atoms with Gasteiger partial charge in [-0.1, -0.05) is 24.6 Å². The van der Waals surface area contributed by atoms with Crippen molar-refractivity contribution in [1.29, 1.82) is 0 Å². The van der Waals surface area contributed by atoms with Crippen molar-refractivity contribution in [2.75, 3.05) is 24.6 Å². The Kier molecular flexibility index (Phi) is 4.49. The maximum Gasteiger partial charge on any atom is 0.0762 e. The first-order chi connectivity index (χ1) is 8.61. The standard InChI is InChI=1S/C14H20ClNO2/c1-3-12-9-16(6-7-18-12)14-5-4-11(10(2)17)8-13(14)15/h4-5,8,10,12,17H,3,6-7,9H2,1-2H3/t10-,12?/m0/s1. The summed E-state index contributed by atoms with van der Waals surface area (Å²) in [6.45, 7) is 6.36. The molecule has 0 aliphatic carbocycles. The third-order valence-corrected chi connectivity index (χ3v) is 3.69. The monoisotopic (exact) mass is 269 g/mol. The fourth-order valence-electron chi connectivity index (χ4n) is 2.22. The summed E-state index contributed by atoms with van der Waals surface area (Å²) in [4.78, 5) is 2.26. The first-order valence-electron chi connectivity index (χ1n) is 6.46. The number of hydrogen-bond acceptors (Lipinski definition) is 3. The van der Waals surface area contributed by atoms with Crippen molar-refractivity contribution in [3.63, 3.8) is 0 Å². The topological polar surface area (TPSA) is 32.7 Å². The van der Waals surface area contributed by atoms with Gasteiger partial charge in [0, 0.05) is 13.1 Å². The molecular formula is C14H20ClNO2. The van der Waals surface area contributed by atoms with E-state index >= 15 is 0 Å². The smallest absolute Gasteiger partial charge is 0.0762 e. The minimum absolute atomic E-state index is 0.284. The molecule has 1 aromatic rings. The van der Waals surface area contributed by atoms with Gasteiger partial charge in [-0.2, -0.15) is 0 Å². The number of ether oxygens (including phenoxy) is 1. The second-order valence-corrected chi connectivity index (χ2v) is 5.14. The molecule has 1 heterocycles. The number of rotatable bonds is 3. The lowest BCUT2D eigenvalue weighted by Crippen LogP contribution is -2.42. The fourth-order valence-corrected chi connectivity index (χ4v) is 2.53. The molecule has 1 aliphatic heterocycles. The highest BCUT2D eigenvalue weighted by Gasteiger charge is 2.21. The quantitative estimate of drug-likeness (QED) is 0.916. The Labute approximate surface area is 113 Å². The predicted molar refractivity (Wildman–Crippen MR) is 74.3 cm³/mol. The highest BCUT2D eigenvalue weighted by Crippen LogP contribution is 2.30. The molecule has 0 radical (unpaired) electrons. The van der Waals surface area contributed by atoms with Crippen LogP contribution in [-0.4, -0.2) is 30.9 Å². The van der Waals surface area contributed by atoms with Gasteiger partial charge in [0.25, 0.3) is 0 Å². The summed E-state index contributed by atoms with van der Waals surface area (Å²) >= 11 is 6.30. The molecule has 4 heteroatoms. The molecule has 1 unspecified atom stereocenters. The van der Waals surface area contributed by atoms with E-state index in [-0.39, 0.29) is 6.10 Å². The molecule has 0 spiro atoms. The van der Waals surface area contributed by atoms with Crippen LogP contribution in [0.2, 0.25) is 5.02 Å². The van der Waals surface area contributed by atoms with E-state index in [9.17, 15) is 5.11 Å². The number of halogens is 1. The predicted octanol–water partition coefficient (Wildman–Crippen LogP) is 3.01. The lowest BCUT2D eigenvalue weighted by molar-refractivity contribution is 0.0384. The minimum atomic E-state index is -0.482. The molecule has 18 heavy (non-hydrogen) atoms. The van der Waals surface area contributed by atoms with Crippen LogP contribution in [0.15, 0.2) is 18.2 Å². The van der Waals surface area contributed by atoms with Crippen LogP contribution < -0.4 is 4.90 Å². The number of benzene rings is 1. The van der Waals surface area contributed by atoms with Crippen LogP contribution in [-0.2, 0) is 4.74 Å². The van der Waals surface area contributed by atoms with Gasteiger partial charge in [0.2, 0.25) is 0 Å². The second-order valence-electron chi connectivity index (χ2n) is 4.73. The van der Waals surface area contributed by atoms with E-state index in [1.54, 1.807) is 6.92 Å². The summed E-state index contributed by atoms with van der Waals surface area (Å²) in [7, 11) is 0. The molecule has 1 aromatic carbocycles. The normalized spacial score (nSPS) is 22.0. The molecule has 1 saturated heterocycles. The van der Waals surface area contributed by atoms with Gasteiger partial charge in [-0.15, -0.1) is 0 Å². The first-order valence-corrected chi connectivity index (χ1v) is 6.83. The Morgan fingerprint density at radius 1 is 1.56 bits per heavy atom. The molecule has 0 saturated carbocycles. The van der Waals surface area contributed by atoms with E-state index in [2.05, 4.69) is 11.8 Å². The summed E-state index contributed by atoms with van der Waals surface area (Å²) < 4.78 is 5.66. The summed E-state index contributed by atoms with van der Waals surface area (Å²) in [5.74, 6) is 0. The average molecular weight is 270 g/mol. The zero-order valence-electron chi connectivity index (χ0n) is 10.9. The van der Waals surface area contributed by atoms with Crippen molar-refractivity contribution in [1.82, 2.24) is 0 Å². The third kappa shape index (κ3) is 2.97. The lowest BCUT2D eigenvalue weighted by atomic mass is 10.1. The molecule has 1 aliphatic rings. The summed E-state index contributed by atoms with van der Waals surface area (Å²) in [6, 6.07) is 5.77. The number of aliphatic hydroxyl groups is 1. The van der Waals surface area contributed by atoms with Crippen molar-refractivity contribution in [2.45, 2.75) is 32.5 Å². The zero-order chi connectivity index (χ0) is 13.1. The molecule has 1 N–H and O–H groups in total. The van der Waals surface area contributed by atoms with E-state index in [1.807, 2.05) is 18.2 Å². The highest BCUT2D eigenvalue weighted by molar-refractivity contribution is 6.33. The Balaban J connectivity index is 2.17. The van der Waals surface area contributed by atoms with Gasteiger partial charge in [-0.25, -0.2) is 0 Å². The van der Waals surface area contributed by atoms with Crippen LogP contribution in [0.25, 0.3) is 0 Å². The van der Waals surface area contributed by atoms with Gasteiger partial charge in [-0.05, 0) is 31.0 Å². The Hall–Kier alpha value is -0.770. The molecule has 0 amide bonds. The lowest BCUT2D eigenvalue weighted by Gasteiger charge is -2.34. The van der Waals surface area contributed by atoms with E-state index in [0.717, 1.165) is 37.4 Å². The molecule has 3 nitrogen and oxygen atoms in total. The van der Waals surface area contributed by atoms with Gasteiger partial charge < -0.3 is 14.7 Å². The minimum Gasteiger partial charge on any atom is -0.389 e. The van der Waals surface area contributed by atoms with Gasteiger partial charge in [-0.3, -0.25) is 0 Å². The van der Waals surface area contributed by atoms with Crippen LogP contribution in [0, 0.1) is 0 Å². The van der Waals surface area contributed by atoms with Gasteiger partial charge >= 0.3 is 0 Å². The van der Waals surface area contributed by atoms with Gasteiger partial charge in [0.1, 0.15) is 0 Å². The number of aliphatic hydroxyl groups excluding tert-OH is 1. The Bertz CT molecular complexity index is 409. The van der Waals surface area contributed by atoms with Crippen molar-refractivity contribution >= 4 is 17.3 Å². The fraction of sp³-hybridized carbons (Fsp3) is 0.571. The summed E-state index contributed by atoms with van der Waals surface area (Å²) in [5.41, 5.74) is 1.88. The maximum absolute atomic E-state index is 9.54. The van der Waals surface area contributed by atoms with E-state index in [0.29, 0.717) is 5.02 Å². The molecule has 0 bridgehead atoms. The summed E-state index contributed by atoms with van der Waals surface area (Å²) in [6.07, 6.45) is 0.816. The van der Waals surface area contributed by atoms with Crippen LogP contribution >= 0.6 is 11.6 Å². The van der Waals surface area contributed by atoms with Gasteiger partial charge in [0.15, 0.2) is 0 Å². The van der Waals surface area contributed by atoms with Crippen molar-refractivity contribution in [2.24, 2.45) is 0 Å². The summed E-state index contributed by atoms with van der Waals surface area (Å²) in [5, 5.41) is 10.2. The Morgan fingerprint density at radius 2 is 2.33 bits per heavy atom. The van der Waals surface area contributed by atoms with Crippen LogP contribution in [0.3, 0.4) is 0 Å². The Morgan fingerprint density at radius 3 is 2.94 bits per heavy atom. The van der Waals surface area contributed by atoms with E-state index < -0.39 is 6.10 Å². The molecule has 100 valence electrons. The maximum atomic E-state index is 9.54. The van der Waals surface area contributed by atoms with Crippen molar-refractivity contribution in [3.05, 3.63) is 28.8 Å². The number of morpholine rings is 1. The second kappa shape index (κ2) is 5.91. The van der Waals surface area contributed by atoms with E-state index in [4.69, 9.17) is 16.3 Å². The first kappa shape index (κ1) is 13.7. The van der Waals surface area contributed by atoms with Crippen molar-refractivity contribution < 1.29 is 9.84 Å². The molecule has 1 fully saturated rings. The number of nitrogens with zero attached hydrogens (tertiary/aromatic N) is 1. The SMILES string of the molecule is CCC1CN(c2ccc([C@H](C)O)cc2Cl)CCO1. The number of hydrogen-bond donors (Lipinski definition) is 1. The average Bonchev–Trinajstić information content (AvgIpc) is 2.38. The van der Waals surface area contributed by atoms with Crippen LogP contribution in [0.4, 0.5) is 5.69 Å².